The van der Waals surface area contributed by atoms with Crippen LogP contribution in [-0.4, -0.2) is 34.5 Å². The van der Waals surface area contributed by atoms with Crippen molar-refractivity contribution in [2.24, 2.45) is 0 Å². The first-order valence-corrected chi connectivity index (χ1v) is 7.45. The van der Waals surface area contributed by atoms with Crippen molar-refractivity contribution in [3.05, 3.63) is 64.4 Å². The summed E-state index contributed by atoms with van der Waals surface area (Å²) >= 11 is 0. The number of aromatic nitrogens is 6. The number of hydrogen-bond donors (Lipinski definition) is 1. The van der Waals surface area contributed by atoms with E-state index in [1.54, 1.807) is 18.5 Å². The number of halogens is 1. The van der Waals surface area contributed by atoms with Gasteiger partial charge in [0.2, 0.25) is 5.95 Å². The SMILES string of the molecule is Nc1nc(-n2cccn2)c2cnn(Cc3ccc([N+](=O)[O-])cc3F)c2n1. The minimum atomic E-state index is -0.697. The average Bonchev–Trinajstić information content (AvgIpc) is 3.26. The van der Waals surface area contributed by atoms with Crippen molar-refractivity contribution >= 4 is 22.7 Å². The number of fused-ring (bicyclic) bond motifs is 1. The van der Waals surface area contributed by atoms with Gasteiger partial charge < -0.3 is 5.73 Å². The van der Waals surface area contributed by atoms with E-state index in [1.807, 2.05) is 0 Å². The van der Waals surface area contributed by atoms with E-state index >= 15 is 0 Å². The predicted molar refractivity (Wildman–Crippen MR) is 89.0 cm³/mol. The second kappa shape index (κ2) is 5.88. The first kappa shape index (κ1) is 15.6. The fourth-order valence-corrected chi connectivity index (χ4v) is 2.58. The van der Waals surface area contributed by atoms with E-state index in [9.17, 15) is 14.5 Å². The molecule has 0 amide bonds. The quantitative estimate of drug-likeness (QED) is 0.436. The molecular weight excluding hydrogens is 343 g/mol. The molecule has 0 saturated heterocycles. The van der Waals surface area contributed by atoms with Gasteiger partial charge >= 0.3 is 0 Å². The maximum atomic E-state index is 14.2. The Kier molecular flexibility index (Phi) is 3.53. The number of rotatable bonds is 4. The van der Waals surface area contributed by atoms with Crippen molar-refractivity contribution in [1.29, 1.82) is 0 Å². The zero-order valence-electron chi connectivity index (χ0n) is 13.2. The minimum Gasteiger partial charge on any atom is -0.368 e. The van der Waals surface area contributed by atoms with Gasteiger partial charge in [-0.05, 0) is 12.1 Å². The van der Waals surface area contributed by atoms with Gasteiger partial charge in [-0.15, -0.1) is 0 Å². The van der Waals surface area contributed by atoms with Crippen LogP contribution in [0.2, 0.25) is 0 Å². The largest absolute Gasteiger partial charge is 0.368 e. The molecule has 0 aliphatic rings. The van der Waals surface area contributed by atoms with Gasteiger partial charge in [0.1, 0.15) is 5.82 Å². The van der Waals surface area contributed by atoms with Gasteiger partial charge in [0.05, 0.1) is 29.1 Å². The predicted octanol–water partition coefficient (Wildman–Crippen LogP) is 1.69. The number of nitrogen functional groups attached to an aromatic ring is 1. The highest BCUT2D eigenvalue weighted by atomic mass is 19.1. The summed E-state index contributed by atoms with van der Waals surface area (Å²) in [5.41, 5.74) is 6.10. The molecule has 3 aromatic heterocycles. The molecular formula is C15H11FN8O2. The molecule has 10 nitrogen and oxygen atoms in total. The van der Waals surface area contributed by atoms with Crippen LogP contribution in [-0.2, 0) is 6.54 Å². The zero-order valence-corrected chi connectivity index (χ0v) is 13.2. The Morgan fingerprint density at radius 3 is 2.81 bits per heavy atom. The third-order valence-corrected chi connectivity index (χ3v) is 3.78. The molecule has 0 unspecified atom stereocenters. The van der Waals surface area contributed by atoms with Crippen molar-refractivity contribution in [3.63, 3.8) is 0 Å². The van der Waals surface area contributed by atoms with Crippen LogP contribution in [0.5, 0.6) is 0 Å². The molecule has 0 aliphatic heterocycles. The molecule has 0 radical (unpaired) electrons. The van der Waals surface area contributed by atoms with Gasteiger partial charge in [-0.3, -0.25) is 10.1 Å². The van der Waals surface area contributed by atoms with E-state index in [4.69, 9.17) is 5.73 Å². The van der Waals surface area contributed by atoms with Gasteiger partial charge in [0.25, 0.3) is 5.69 Å². The molecule has 0 saturated carbocycles. The average molecular weight is 354 g/mol. The summed E-state index contributed by atoms with van der Waals surface area (Å²) < 4.78 is 17.1. The number of non-ortho nitro benzene ring substituents is 1. The molecule has 26 heavy (non-hydrogen) atoms. The summed E-state index contributed by atoms with van der Waals surface area (Å²) in [5.74, 6) is -0.223. The molecule has 130 valence electrons. The van der Waals surface area contributed by atoms with E-state index in [0.29, 0.717) is 16.9 Å². The summed E-state index contributed by atoms with van der Waals surface area (Å²) in [6.07, 6.45) is 4.84. The molecule has 4 aromatic rings. The molecule has 11 heteroatoms. The number of nitrogens with zero attached hydrogens (tertiary/aromatic N) is 7. The second-order valence-corrected chi connectivity index (χ2v) is 5.43. The van der Waals surface area contributed by atoms with Crippen molar-refractivity contribution in [3.8, 4) is 5.82 Å². The van der Waals surface area contributed by atoms with E-state index in [0.717, 1.165) is 6.07 Å². The summed E-state index contributed by atoms with van der Waals surface area (Å²) in [7, 11) is 0. The molecule has 4 rings (SSSR count). The Hall–Kier alpha value is -3.89. The van der Waals surface area contributed by atoms with Crippen LogP contribution in [0, 0.1) is 15.9 Å². The molecule has 0 spiro atoms. The van der Waals surface area contributed by atoms with Crippen molar-refractivity contribution in [2.75, 3.05) is 5.73 Å². The van der Waals surface area contributed by atoms with E-state index < -0.39 is 10.7 Å². The molecule has 0 atom stereocenters. The van der Waals surface area contributed by atoms with Gasteiger partial charge in [0.15, 0.2) is 11.5 Å². The number of nitrogens with two attached hydrogens (primary N) is 1. The Morgan fingerprint density at radius 1 is 1.27 bits per heavy atom. The fraction of sp³-hybridized carbons (Fsp3) is 0.0667. The van der Waals surface area contributed by atoms with Crippen LogP contribution >= 0.6 is 0 Å². The van der Waals surface area contributed by atoms with Crippen LogP contribution in [0.25, 0.3) is 16.9 Å². The number of nitro groups is 1. The van der Waals surface area contributed by atoms with Crippen LogP contribution in [0.4, 0.5) is 16.0 Å². The molecule has 0 fully saturated rings. The molecule has 0 bridgehead atoms. The highest BCUT2D eigenvalue weighted by Gasteiger charge is 2.16. The van der Waals surface area contributed by atoms with Crippen molar-refractivity contribution < 1.29 is 9.31 Å². The Morgan fingerprint density at radius 2 is 2.12 bits per heavy atom. The summed E-state index contributed by atoms with van der Waals surface area (Å²) in [5, 5.41) is 19.7. The van der Waals surface area contributed by atoms with Gasteiger partial charge in [-0.2, -0.15) is 20.2 Å². The Balaban J connectivity index is 1.78. The van der Waals surface area contributed by atoms with Gasteiger partial charge in [0, 0.05) is 24.0 Å². The molecule has 0 aliphatic carbocycles. The lowest BCUT2D eigenvalue weighted by atomic mass is 10.2. The Labute approximate surface area is 144 Å². The standard InChI is InChI=1S/C15H11FN8O2/c16-12-6-10(24(25)26)3-2-9(12)8-23-14-11(7-19-23)13(20-15(17)21-14)22-5-1-4-18-22/h1-7H,8H2,(H2,17,20,21). The summed E-state index contributed by atoms with van der Waals surface area (Å²) in [6, 6.07) is 5.20. The number of benzene rings is 1. The highest BCUT2D eigenvalue weighted by Crippen LogP contribution is 2.22. The third kappa shape index (κ3) is 2.60. The van der Waals surface area contributed by atoms with E-state index in [2.05, 4.69) is 20.2 Å². The van der Waals surface area contributed by atoms with Crippen molar-refractivity contribution in [2.45, 2.75) is 6.54 Å². The number of anilines is 1. The fourth-order valence-electron chi connectivity index (χ4n) is 2.58. The lowest BCUT2D eigenvalue weighted by Gasteiger charge is -2.07. The number of nitro benzene ring substituents is 1. The van der Waals surface area contributed by atoms with Crippen molar-refractivity contribution in [1.82, 2.24) is 29.5 Å². The monoisotopic (exact) mass is 354 g/mol. The van der Waals surface area contributed by atoms with Crippen LogP contribution in [0.15, 0.2) is 42.9 Å². The van der Waals surface area contributed by atoms with Gasteiger partial charge in [-0.25, -0.2) is 13.8 Å². The number of hydrogen-bond acceptors (Lipinski definition) is 7. The summed E-state index contributed by atoms with van der Waals surface area (Å²) in [4.78, 5) is 18.4. The van der Waals surface area contributed by atoms with Crippen LogP contribution in [0.1, 0.15) is 5.56 Å². The maximum absolute atomic E-state index is 14.2. The lowest BCUT2D eigenvalue weighted by Crippen LogP contribution is -2.08. The topological polar surface area (TPSA) is 131 Å². The summed E-state index contributed by atoms with van der Waals surface area (Å²) in [6.45, 7) is 0.0301. The van der Waals surface area contributed by atoms with Gasteiger partial charge in [-0.1, -0.05) is 0 Å². The molecule has 2 N–H and O–H groups in total. The van der Waals surface area contributed by atoms with Crippen LogP contribution < -0.4 is 5.73 Å². The van der Waals surface area contributed by atoms with E-state index in [1.165, 1.54) is 27.7 Å². The maximum Gasteiger partial charge on any atom is 0.272 e. The second-order valence-electron chi connectivity index (χ2n) is 5.43. The third-order valence-electron chi connectivity index (χ3n) is 3.78. The van der Waals surface area contributed by atoms with E-state index in [-0.39, 0.29) is 23.7 Å². The highest BCUT2D eigenvalue weighted by molar-refractivity contribution is 5.83. The minimum absolute atomic E-state index is 0.0221. The smallest absolute Gasteiger partial charge is 0.272 e. The first-order chi connectivity index (χ1) is 12.5. The Bertz CT molecular complexity index is 1120. The normalized spacial score (nSPS) is 11.1. The zero-order chi connectivity index (χ0) is 18.3. The lowest BCUT2D eigenvalue weighted by molar-refractivity contribution is -0.385. The van der Waals surface area contributed by atoms with Crippen LogP contribution in [0.3, 0.4) is 0 Å². The molecule has 3 heterocycles. The molecule has 1 aromatic carbocycles. The first-order valence-electron chi connectivity index (χ1n) is 7.45.